The molecule has 58 heavy (non-hydrogen) atoms. The zero-order valence-corrected chi connectivity index (χ0v) is 40.4. The molecule has 0 radical (unpaired) electrons. The molecule has 0 spiro atoms. The molecule has 5 aromatic rings. The first-order chi connectivity index (χ1) is 25.6. The van der Waals surface area contributed by atoms with E-state index in [9.17, 15) is 47.9 Å². The Labute approximate surface area is 402 Å². The number of azo groups is 1. The predicted octanol–water partition coefficient (Wildman–Crippen LogP) is -5.60. The number of anilines is 4. The van der Waals surface area contributed by atoms with Gasteiger partial charge in [0.2, 0.25) is 17.2 Å². The van der Waals surface area contributed by atoms with Crippen molar-refractivity contribution in [2.24, 2.45) is 15.2 Å². The molecule has 0 aliphatic rings. The molecule has 0 atom stereocenters. The van der Waals surface area contributed by atoms with Gasteiger partial charge in [-0.25, -0.2) is 29.4 Å². The van der Waals surface area contributed by atoms with Crippen molar-refractivity contribution in [3.05, 3.63) is 78.1 Å². The average Bonchev–Trinajstić information content (AvgIpc) is 3.05. The minimum Gasteiger partial charge on any atom is -0.862 e. The van der Waals surface area contributed by atoms with Crippen LogP contribution in [-0.2, 0) is 44.7 Å². The Kier molecular flexibility index (Phi) is 18.8. The van der Waals surface area contributed by atoms with Crippen LogP contribution in [0.5, 0.6) is 0 Å². The third-order valence-corrected chi connectivity index (χ3v) is 11.0. The van der Waals surface area contributed by atoms with E-state index in [-0.39, 0.29) is 144 Å². The second-order valence-corrected chi connectivity index (χ2v) is 17.1. The molecule has 29 heteroatoms. The monoisotopic (exact) mass is 922 g/mol. The number of halogens is 1. The van der Waals surface area contributed by atoms with Gasteiger partial charge in [-0.05, 0) is 85.1 Å². The Morgan fingerprint density at radius 1 is 0.741 bits per heavy atom. The van der Waals surface area contributed by atoms with E-state index in [4.69, 9.17) is 16.2 Å². The summed E-state index contributed by atoms with van der Waals surface area (Å²) < 4.78 is 131. The topological polar surface area (TPSA) is 335 Å². The van der Waals surface area contributed by atoms with Crippen molar-refractivity contribution in [3.63, 3.8) is 0 Å². The van der Waals surface area contributed by atoms with Crippen molar-refractivity contribution in [1.82, 2.24) is 15.0 Å². The Hall–Kier alpha value is -2.25. The molecule has 0 saturated heterocycles. The SMILES string of the molecule is CC([O-])=Nc1cc(Nc2nc(Cl)nc(Nc3ccc(S(=O)(=O)CCOS(=O)(=O)O)cc3)n2)ccc1N=Nc1cc(S(=O)(=O)[O-])c2cccc(S(=O)(=O)[O-])c2c1.[Na+].[Na+].[Na+]. The van der Waals surface area contributed by atoms with Gasteiger partial charge in [-0.15, -0.1) is 5.11 Å². The molecule has 1 aromatic heterocycles. The molecule has 290 valence electrons. The molecule has 21 nitrogen and oxygen atoms in total. The maximum absolute atomic E-state index is 12.5. The quantitative estimate of drug-likeness (QED) is 0.0307. The molecule has 4 aromatic carbocycles. The maximum atomic E-state index is 12.5. The zero-order chi connectivity index (χ0) is 40.3. The summed E-state index contributed by atoms with van der Waals surface area (Å²) in [6.07, 6.45) is 0. The Morgan fingerprint density at radius 2 is 1.33 bits per heavy atom. The van der Waals surface area contributed by atoms with E-state index in [1.807, 2.05) is 0 Å². The first-order valence-electron chi connectivity index (χ1n) is 14.7. The molecule has 0 fully saturated rings. The van der Waals surface area contributed by atoms with Crippen molar-refractivity contribution in [1.29, 1.82) is 0 Å². The van der Waals surface area contributed by atoms with Gasteiger partial charge in [0.05, 0.1) is 38.4 Å². The van der Waals surface area contributed by atoms with Crippen molar-refractivity contribution in [3.8, 4) is 0 Å². The van der Waals surface area contributed by atoms with E-state index in [1.165, 1.54) is 42.5 Å². The van der Waals surface area contributed by atoms with Gasteiger partial charge >= 0.3 is 99.1 Å². The number of aromatic nitrogens is 3. The largest absolute Gasteiger partial charge is 1.00 e. The van der Waals surface area contributed by atoms with Gasteiger partial charge in [0, 0.05) is 22.1 Å². The number of hydrogen-bond acceptors (Lipinski definition) is 20. The number of aliphatic imine (C=N–C) groups is 1. The standard InChI is InChI=1S/C29H25ClN8O13S4.3Na/c1-16(39)31-24-14-18(7-10-23(24)38-37-19-13-22-21(26(15-19)54(45,46)47)3-2-4-25(22)53(42,43)44)33-29-35-27(30)34-28(36-29)32-17-5-8-20(9-6-17)52(40,41)12-11-51-55(48,49)50;;;/h2-10,13-15H,11-12H2,1H3,(H,31,39)(H,42,43,44)(H,45,46,47)(H,48,49,50)(H2,32,33,34,35,36);;;/q;3*+1/p-3. The van der Waals surface area contributed by atoms with Crippen LogP contribution in [0.25, 0.3) is 10.8 Å². The Balaban J connectivity index is 0.00000387. The fourth-order valence-corrected chi connectivity index (χ4v) is 7.73. The van der Waals surface area contributed by atoms with Crippen LogP contribution in [0.2, 0.25) is 5.28 Å². The van der Waals surface area contributed by atoms with Crippen LogP contribution in [0, 0.1) is 0 Å². The van der Waals surface area contributed by atoms with E-state index in [0.717, 1.165) is 37.3 Å². The fourth-order valence-electron chi connectivity index (χ4n) is 4.68. The summed E-state index contributed by atoms with van der Waals surface area (Å²) in [6.45, 7) is 0.340. The summed E-state index contributed by atoms with van der Waals surface area (Å²) in [5.74, 6) is -1.61. The van der Waals surface area contributed by atoms with Crippen LogP contribution in [0.1, 0.15) is 6.92 Å². The molecule has 5 rings (SSSR count). The van der Waals surface area contributed by atoms with Crippen LogP contribution >= 0.6 is 11.6 Å². The molecule has 0 aliphatic carbocycles. The summed E-state index contributed by atoms with van der Waals surface area (Å²) in [7, 11) is -19.1. The van der Waals surface area contributed by atoms with Crippen LogP contribution in [-0.4, -0.2) is 80.5 Å². The van der Waals surface area contributed by atoms with Crippen molar-refractivity contribution >= 4 is 109 Å². The van der Waals surface area contributed by atoms with E-state index in [2.05, 4.69) is 45.0 Å². The summed E-state index contributed by atoms with van der Waals surface area (Å²) in [5, 5.41) is 24.6. The number of hydrogen-bond donors (Lipinski definition) is 3. The third kappa shape index (κ3) is 14.4. The van der Waals surface area contributed by atoms with E-state index >= 15 is 0 Å². The van der Waals surface area contributed by atoms with Crippen LogP contribution < -0.4 is 104 Å². The van der Waals surface area contributed by atoms with E-state index in [1.54, 1.807) is 0 Å². The maximum Gasteiger partial charge on any atom is 1.00 e. The first kappa shape index (κ1) is 51.9. The predicted molar refractivity (Wildman–Crippen MR) is 191 cm³/mol. The number of benzene rings is 4. The third-order valence-electron chi connectivity index (χ3n) is 6.89. The van der Waals surface area contributed by atoms with E-state index in [0.29, 0.717) is 5.69 Å². The number of sulfone groups is 1. The van der Waals surface area contributed by atoms with Crippen molar-refractivity contribution in [2.75, 3.05) is 23.0 Å². The van der Waals surface area contributed by atoms with Crippen molar-refractivity contribution < 1.29 is 145 Å². The summed E-state index contributed by atoms with van der Waals surface area (Å²) in [6, 6.07) is 14.3. The Bertz CT molecular complexity index is 2840. The molecule has 0 amide bonds. The number of fused-ring (bicyclic) bond motifs is 1. The smallest absolute Gasteiger partial charge is 0.862 e. The number of nitrogens with zero attached hydrogens (tertiary/aromatic N) is 6. The minimum atomic E-state index is -5.19. The van der Waals surface area contributed by atoms with Gasteiger partial charge in [0.15, 0.2) is 9.84 Å². The zero-order valence-electron chi connectivity index (χ0n) is 30.4. The molecular formula is C29H22ClN8Na3O13S4. The van der Waals surface area contributed by atoms with Crippen LogP contribution in [0.3, 0.4) is 0 Å². The molecular weight excluding hydrogens is 901 g/mol. The Morgan fingerprint density at radius 3 is 1.90 bits per heavy atom. The molecule has 0 unspecified atom stereocenters. The van der Waals surface area contributed by atoms with Crippen molar-refractivity contribution in [2.45, 2.75) is 21.6 Å². The molecule has 0 saturated carbocycles. The van der Waals surface area contributed by atoms with Crippen LogP contribution in [0.4, 0.5) is 40.3 Å². The van der Waals surface area contributed by atoms with Gasteiger partial charge in [0.1, 0.15) is 25.9 Å². The molecule has 0 aliphatic heterocycles. The molecule has 3 N–H and O–H groups in total. The fraction of sp³-hybridized carbons (Fsp3) is 0.103. The van der Waals surface area contributed by atoms with Gasteiger partial charge in [-0.1, -0.05) is 12.1 Å². The second kappa shape index (κ2) is 21.0. The number of nitrogens with one attached hydrogen (secondary N) is 2. The van der Waals surface area contributed by atoms with Gasteiger partial charge < -0.3 is 24.8 Å². The molecule has 0 bridgehead atoms. The van der Waals surface area contributed by atoms with E-state index < -0.39 is 68.5 Å². The molecule has 1 heterocycles. The number of rotatable bonds is 14. The van der Waals surface area contributed by atoms with Gasteiger partial charge in [-0.3, -0.25) is 9.55 Å². The summed E-state index contributed by atoms with van der Waals surface area (Å²) in [4.78, 5) is 14.2. The second-order valence-electron chi connectivity index (χ2n) is 10.8. The normalized spacial score (nSPS) is 12.3. The van der Waals surface area contributed by atoms with Gasteiger partial charge in [-0.2, -0.15) is 28.5 Å². The average molecular weight is 923 g/mol. The minimum absolute atomic E-state index is 0. The van der Waals surface area contributed by atoms with Gasteiger partial charge in [0.25, 0.3) is 0 Å². The summed E-state index contributed by atoms with van der Waals surface area (Å²) in [5.41, 5.74) is 0.0888. The van der Waals surface area contributed by atoms with Crippen LogP contribution in [0.15, 0.2) is 103 Å². The first-order valence-corrected chi connectivity index (χ1v) is 21.0. The summed E-state index contributed by atoms with van der Waals surface area (Å²) >= 11 is 6.09.